The van der Waals surface area contributed by atoms with Gasteiger partial charge in [0, 0.05) is 23.4 Å². The fourth-order valence-electron chi connectivity index (χ4n) is 3.81. The summed E-state index contributed by atoms with van der Waals surface area (Å²) < 4.78 is 5.23. The monoisotopic (exact) mass is 366 g/mol. The van der Waals surface area contributed by atoms with E-state index in [1.165, 1.54) is 16.0 Å². The van der Waals surface area contributed by atoms with E-state index in [-0.39, 0.29) is 11.9 Å². The molecule has 1 amide bonds. The highest BCUT2D eigenvalue weighted by Gasteiger charge is 2.32. The largest absolute Gasteiger partial charge is 0.361 e. The van der Waals surface area contributed by atoms with Crippen LogP contribution in [0, 0.1) is 13.8 Å². The summed E-state index contributed by atoms with van der Waals surface area (Å²) in [6.07, 6.45) is 2.09. The van der Waals surface area contributed by atoms with Crippen molar-refractivity contribution < 1.29 is 9.32 Å². The predicted molar refractivity (Wildman–Crippen MR) is 102 cm³/mol. The van der Waals surface area contributed by atoms with E-state index in [1.54, 1.807) is 11.3 Å². The van der Waals surface area contributed by atoms with E-state index in [0.717, 1.165) is 30.0 Å². The Labute approximate surface area is 157 Å². The SMILES string of the molecule is Cc1noc(C)c1CCC(=O)N1CCc2sccc2[C@@H]1c1ccccc1. The number of nitrogens with zero attached hydrogens (tertiary/aromatic N) is 2. The van der Waals surface area contributed by atoms with Crippen molar-refractivity contribution in [1.29, 1.82) is 0 Å². The van der Waals surface area contributed by atoms with Crippen LogP contribution in [0.2, 0.25) is 0 Å². The molecule has 0 saturated heterocycles. The Hall–Kier alpha value is -2.40. The molecule has 0 fully saturated rings. The number of hydrogen-bond donors (Lipinski definition) is 0. The van der Waals surface area contributed by atoms with E-state index >= 15 is 0 Å². The molecule has 4 nitrogen and oxygen atoms in total. The van der Waals surface area contributed by atoms with Crippen LogP contribution in [0.4, 0.5) is 0 Å². The number of carbonyl (C=O) groups excluding carboxylic acids is 1. The van der Waals surface area contributed by atoms with Crippen LogP contribution in [0.1, 0.15) is 45.5 Å². The minimum atomic E-state index is 0.0170. The molecular weight excluding hydrogens is 344 g/mol. The molecule has 1 aromatic carbocycles. The van der Waals surface area contributed by atoms with Gasteiger partial charge in [0.15, 0.2) is 0 Å². The van der Waals surface area contributed by atoms with Gasteiger partial charge in [-0.05, 0) is 49.3 Å². The lowest BCUT2D eigenvalue weighted by molar-refractivity contribution is -0.133. The smallest absolute Gasteiger partial charge is 0.223 e. The zero-order chi connectivity index (χ0) is 18.1. The molecule has 1 aliphatic heterocycles. The van der Waals surface area contributed by atoms with Gasteiger partial charge in [-0.25, -0.2) is 0 Å². The fourth-order valence-corrected chi connectivity index (χ4v) is 4.72. The summed E-state index contributed by atoms with van der Waals surface area (Å²) in [6, 6.07) is 12.5. The number of aryl methyl sites for hydroxylation is 2. The minimum absolute atomic E-state index is 0.0170. The molecule has 2 aromatic heterocycles. The van der Waals surface area contributed by atoms with Crippen molar-refractivity contribution >= 4 is 17.2 Å². The molecule has 0 unspecified atom stereocenters. The van der Waals surface area contributed by atoms with Gasteiger partial charge in [-0.2, -0.15) is 0 Å². The van der Waals surface area contributed by atoms with Crippen LogP contribution in [0.3, 0.4) is 0 Å². The normalized spacial score (nSPS) is 16.5. The van der Waals surface area contributed by atoms with Crippen molar-refractivity contribution in [3.63, 3.8) is 0 Å². The van der Waals surface area contributed by atoms with Gasteiger partial charge in [0.1, 0.15) is 5.76 Å². The molecule has 26 heavy (non-hydrogen) atoms. The highest BCUT2D eigenvalue weighted by Crippen LogP contribution is 2.38. The molecular formula is C21H22N2O2S. The van der Waals surface area contributed by atoms with Crippen molar-refractivity contribution in [1.82, 2.24) is 10.1 Å². The van der Waals surface area contributed by atoms with Crippen molar-refractivity contribution in [2.75, 3.05) is 6.54 Å². The van der Waals surface area contributed by atoms with Crippen molar-refractivity contribution in [2.45, 2.75) is 39.2 Å². The Balaban J connectivity index is 1.59. The minimum Gasteiger partial charge on any atom is -0.361 e. The van der Waals surface area contributed by atoms with Gasteiger partial charge < -0.3 is 9.42 Å². The highest BCUT2D eigenvalue weighted by atomic mass is 32.1. The molecule has 4 rings (SSSR count). The Kier molecular flexibility index (Phi) is 4.64. The highest BCUT2D eigenvalue weighted by molar-refractivity contribution is 7.10. The number of hydrogen-bond acceptors (Lipinski definition) is 4. The van der Waals surface area contributed by atoms with Crippen LogP contribution < -0.4 is 0 Å². The third-order valence-corrected chi connectivity index (χ3v) is 6.17. The maximum atomic E-state index is 13.1. The molecule has 1 atom stereocenters. The number of carbonyl (C=O) groups is 1. The van der Waals surface area contributed by atoms with Gasteiger partial charge in [-0.3, -0.25) is 4.79 Å². The van der Waals surface area contributed by atoms with Gasteiger partial charge in [-0.1, -0.05) is 35.5 Å². The van der Waals surface area contributed by atoms with Gasteiger partial charge in [0.2, 0.25) is 5.91 Å². The second-order valence-corrected chi connectivity index (χ2v) is 7.75. The molecule has 1 aliphatic rings. The fraction of sp³-hybridized carbons (Fsp3) is 0.333. The van der Waals surface area contributed by atoms with Gasteiger partial charge in [0.05, 0.1) is 11.7 Å². The summed E-state index contributed by atoms with van der Waals surface area (Å²) >= 11 is 1.79. The lowest BCUT2D eigenvalue weighted by Crippen LogP contribution is -2.40. The molecule has 0 aliphatic carbocycles. The lowest BCUT2D eigenvalue weighted by atomic mass is 9.92. The van der Waals surface area contributed by atoms with Crippen LogP contribution in [0.25, 0.3) is 0 Å². The van der Waals surface area contributed by atoms with Crippen molar-refractivity contribution in [3.05, 3.63) is 74.8 Å². The number of thiophene rings is 1. The number of amides is 1. The van der Waals surface area contributed by atoms with E-state index in [4.69, 9.17) is 4.52 Å². The van der Waals surface area contributed by atoms with E-state index in [1.807, 2.05) is 36.9 Å². The predicted octanol–water partition coefficient (Wildman–Crippen LogP) is 4.46. The Bertz CT molecular complexity index is 894. The zero-order valence-electron chi connectivity index (χ0n) is 15.1. The van der Waals surface area contributed by atoms with E-state index < -0.39 is 0 Å². The van der Waals surface area contributed by atoms with Gasteiger partial charge in [-0.15, -0.1) is 11.3 Å². The van der Waals surface area contributed by atoms with E-state index in [2.05, 4.69) is 28.7 Å². The standard InChI is InChI=1S/C21H22N2O2S/c1-14-17(15(2)25-22-14)8-9-20(24)23-12-10-19-18(11-13-26-19)21(23)16-6-4-3-5-7-16/h3-7,11,13,21H,8-10,12H2,1-2H3/t21-/m0/s1. The van der Waals surface area contributed by atoms with Crippen molar-refractivity contribution in [3.8, 4) is 0 Å². The summed E-state index contributed by atoms with van der Waals surface area (Å²) in [5, 5.41) is 6.13. The second-order valence-electron chi connectivity index (χ2n) is 6.75. The maximum absolute atomic E-state index is 13.1. The molecule has 3 aromatic rings. The molecule has 0 spiro atoms. The Morgan fingerprint density at radius 1 is 1.27 bits per heavy atom. The lowest BCUT2D eigenvalue weighted by Gasteiger charge is -2.36. The van der Waals surface area contributed by atoms with Gasteiger partial charge >= 0.3 is 0 Å². The first-order chi connectivity index (χ1) is 12.6. The van der Waals surface area contributed by atoms with Crippen LogP contribution >= 0.6 is 11.3 Å². The Morgan fingerprint density at radius 3 is 2.81 bits per heavy atom. The van der Waals surface area contributed by atoms with Crippen LogP contribution in [-0.4, -0.2) is 22.5 Å². The van der Waals surface area contributed by atoms with E-state index in [9.17, 15) is 4.79 Å². The number of aromatic nitrogens is 1. The average Bonchev–Trinajstić information content (AvgIpc) is 3.26. The first-order valence-electron chi connectivity index (χ1n) is 8.97. The van der Waals surface area contributed by atoms with Crippen molar-refractivity contribution in [2.24, 2.45) is 0 Å². The zero-order valence-corrected chi connectivity index (χ0v) is 15.9. The third-order valence-electron chi connectivity index (χ3n) is 5.17. The quantitative estimate of drug-likeness (QED) is 0.685. The number of fused-ring (bicyclic) bond motifs is 1. The second kappa shape index (κ2) is 7.08. The maximum Gasteiger partial charge on any atom is 0.223 e. The molecule has 134 valence electrons. The summed E-state index contributed by atoms with van der Waals surface area (Å²) in [5.74, 6) is 1.00. The van der Waals surface area contributed by atoms with Crippen LogP contribution in [0.5, 0.6) is 0 Å². The third kappa shape index (κ3) is 3.07. The summed E-state index contributed by atoms with van der Waals surface area (Å²) in [7, 11) is 0. The van der Waals surface area contributed by atoms with Crippen LogP contribution in [-0.2, 0) is 17.6 Å². The van der Waals surface area contributed by atoms with Crippen LogP contribution in [0.15, 0.2) is 46.3 Å². The Morgan fingerprint density at radius 2 is 2.08 bits per heavy atom. The number of benzene rings is 1. The average molecular weight is 366 g/mol. The molecule has 0 radical (unpaired) electrons. The molecule has 0 saturated carbocycles. The molecule has 3 heterocycles. The summed E-state index contributed by atoms with van der Waals surface area (Å²) in [5.41, 5.74) is 4.40. The molecule has 0 N–H and O–H groups in total. The molecule has 0 bridgehead atoms. The first-order valence-corrected chi connectivity index (χ1v) is 9.85. The van der Waals surface area contributed by atoms with Gasteiger partial charge in [0.25, 0.3) is 0 Å². The summed E-state index contributed by atoms with van der Waals surface area (Å²) in [6.45, 7) is 4.61. The topological polar surface area (TPSA) is 46.3 Å². The molecule has 5 heteroatoms. The van der Waals surface area contributed by atoms with E-state index in [0.29, 0.717) is 12.8 Å². The first kappa shape index (κ1) is 17.0. The number of rotatable bonds is 4. The summed E-state index contributed by atoms with van der Waals surface area (Å²) in [4.78, 5) is 16.6.